The maximum atomic E-state index is 13.2. The molecule has 1 atom stereocenters. The summed E-state index contributed by atoms with van der Waals surface area (Å²) in [7, 11) is 1.72. The zero-order valence-corrected chi connectivity index (χ0v) is 14.7. The van der Waals surface area contributed by atoms with Crippen molar-refractivity contribution in [2.45, 2.75) is 19.5 Å². The molecule has 0 aliphatic heterocycles. The lowest BCUT2D eigenvalue weighted by atomic mass is 10.2. The van der Waals surface area contributed by atoms with Crippen LogP contribution in [0.5, 0.6) is 0 Å². The fraction of sp³-hybridized carbons (Fsp3) is 0.235. The van der Waals surface area contributed by atoms with E-state index in [0.717, 1.165) is 14.8 Å². The van der Waals surface area contributed by atoms with Crippen LogP contribution in [0, 0.1) is 9.39 Å². The van der Waals surface area contributed by atoms with Crippen LogP contribution in [-0.4, -0.2) is 23.9 Å². The number of carbonyl (C=O) groups is 1. The molecule has 2 aromatic carbocycles. The molecule has 0 bridgehead atoms. The number of rotatable bonds is 5. The van der Waals surface area contributed by atoms with Crippen molar-refractivity contribution in [2.75, 3.05) is 12.4 Å². The van der Waals surface area contributed by atoms with Crippen LogP contribution in [0.3, 0.4) is 0 Å². The molecule has 2 aromatic rings. The molecule has 0 fully saturated rings. The first kappa shape index (κ1) is 16.7. The van der Waals surface area contributed by atoms with Crippen LogP contribution in [-0.2, 0) is 11.3 Å². The summed E-state index contributed by atoms with van der Waals surface area (Å²) in [6.45, 7) is 2.21. The van der Waals surface area contributed by atoms with E-state index in [0.29, 0.717) is 6.54 Å². The Bertz CT molecular complexity index is 607. The Labute approximate surface area is 143 Å². The quantitative estimate of drug-likeness (QED) is 0.756. The summed E-state index contributed by atoms with van der Waals surface area (Å²) in [4.78, 5) is 14.0. The number of nitrogens with zero attached hydrogens (tertiary/aromatic N) is 1. The van der Waals surface area contributed by atoms with Gasteiger partial charge in [-0.2, -0.15) is 0 Å². The number of hydrogen-bond donors (Lipinski definition) is 1. The molecule has 116 valence electrons. The Balaban J connectivity index is 1.97. The van der Waals surface area contributed by atoms with Gasteiger partial charge in [-0.3, -0.25) is 4.79 Å². The van der Waals surface area contributed by atoms with Gasteiger partial charge in [0, 0.05) is 22.8 Å². The average molecular weight is 412 g/mol. The normalized spacial score (nSPS) is 11.8. The van der Waals surface area contributed by atoms with Crippen molar-refractivity contribution >= 4 is 34.2 Å². The van der Waals surface area contributed by atoms with Gasteiger partial charge in [0.2, 0.25) is 5.91 Å². The van der Waals surface area contributed by atoms with Crippen LogP contribution >= 0.6 is 22.6 Å². The predicted octanol–water partition coefficient (Wildman–Crippen LogP) is 3.89. The van der Waals surface area contributed by atoms with Gasteiger partial charge >= 0.3 is 0 Å². The third kappa shape index (κ3) is 4.69. The van der Waals surface area contributed by atoms with E-state index in [4.69, 9.17) is 0 Å². The molecule has 0 saturated heterocycles. The Kier molecular flexibility index (Phi) is 5.76. The van der Waals surface area contributed by atoms with Crippen LogP contribution in [0.25, 0.3) is 0 Å². The first-order valence-electron chi connectivity index (χ1n) is 6.97. The van der Waals surface area contributed by atoms with E-state index < -0.39 is 0 Å². The Hall–Kier alpha value is -1.63. The topological polar surface area (TPSA) is 32.3 Å². The largest absolute Gasteiger partial charge is 0.374 e. The van der Waals surface area contributed by atoms with E-state index in [2.05, 4.69) is 27.9 Å². The molecule has 1 amide bonds. The number of nitrogens with one attached hydrogen (secondary N) is 1. The minimum absolute atomic E-state index is 0.0388. The molecule has 1 N–H and O–H groups in total. The number of halogens is 2. The summed E-state index contributed by atoms with van der Waals surface area (Å²) in [5.41, 5.74) is 1.68. The highest BCUT2D eigenvalue weighted by Crippen LogP contribution is 2.14. The lowest BCUT2D eigenvalue weighted by molar-refractivity contribution is -0.130. The highest BCUT2D eigenvalue weighted by molar-refractivity contribution is 14.1. The molecule has 0 spiro atoms. The monoisotopic (exact) mass is 412 g/mol. The van der Waals surface area contributed by atoms with E-state index in [-0.39, 0.29) is 17.8 Å². The highest BCUT2D eigenvalue weighted by Gasteiger charge is 2.17. The van der Waals surface area contributed by atoms with Crippen molar-refractivity contribution in [3.05, 3.63) is 63.5 Å². The Morgan fingerprint density at radius 2 is 2.00 bits per heavy atom. The molecule has 0 heterocycles. The minimum Gasteiger partial charge on any atom is -0.374 e. The second-order valence-corrected chi connectivity index (χ2v) is 6.45. The first-order chi connectivity index (χ1) is 10.5. The molecular formula is C17H18FIN2O. The van der Waals surface area contributed by atoms with Crippen LogP contribution in [0.1, 0.15) is 12.5 Å². The number of hydrogen-bond acceptors (Lipinski definition) is 2. The SMILES string of the molecule is CC(Nc1cccc(I)c1)C(=O)N(C)Cc1cccc(F)c1. The van der Waals surface area contributed by atoms with E-state index in [1.807, 2.05) is 37.3 Å². The average Bonchev–Trinajstić information content (AvgIpc) is 2.46. The molecule has 5 heteroatoms. The summed E-state index contributed by atoms with van der Waals surface area (Å²) in [5.74, 6) is -0.327. The van der Waals surface area contributed by atoms with Gasteiger partial charge in [-0.05, 0) is 65.4 Å². The second kappa shape index (κ2) is 7.58. The molecular weight excluding hydrogens is 394 g/mol. The second-order valence-electron chi connectivity index (χ2n) is 5.20. The van der Waals surface area contributed by atoms with E-state index in [1.165, 1.54) is 12.1 Å². The summed E-state index contributed by atoms with van der Waals surface area (Å²) in [6.07, 6.45) is 0. The third-order valence-corrected chi connectivity index (χ3v) is 3.93. The summed E-state index contributed by atoms with van der Waals surface area (Å²) < 4.78 is 14.3. The van der Waals surface area contributed by atoms with Gasteiger partial charge in [0.25, 0.3) is 0 Å². The fourth-order valence-electron chi connectivity index (χ4n) is 2.21. The maximum Gasteiger partial charge on any atom is 0.244 e. The lowest BCUT2D eigenvalue weighted by Gasteiger charge is -2.23. The van der Waals surface area contributed by atoms with Crippen molar-refractivity contribution in [3.63, 3.8) is 0 Å². The van der Waals surface area contributed by atoms with Crippen molar-refractivity contribution in [2.24, 2.45) is 0 Å². The molecule has 1 unspecified atom stereocenters. The molecule has 0 aliphatic rings. The van der Waals surface area contributed by atoms with Gasteiger partial charge in [-0.15, -0.1) is 0 Å². The Morgan fingerprint density at radius 1 is 1.27 bits per heavy atom. The van der Waals surface area contributed by atoms with Crippen LogP contribution in [0.4, 0.5) is 10.1 Å². The fourth-order valence-corrected chi connectivity index (χ4v) is 2.75. The van der Waals surface area contributed by atoms with Gasteiger partial charge < -0.3 is 10.2 Å². The Morgan fingerprint density at radius 3 is 2.68 bits per heavy atom. The van der Waals surface area contributed by atoms with Crippen molar-refractivity contribution in [1.29, 1.82) is 0 Å². The standard InChI is InChI=1S/C17H18FIN2O/c1-12(20-16-8-4-7-15(19)10-16)17(22)21(2)11-13-5-3-6-14(18)9-13/h3-10,12,20H,11H2,1-2H3. The van der Waals surface area contributed by atoms with Crippen LogP contribution in [0.15, 0.2) is 48.5 Å². The van der Waals surface area contributed by atoms with Gasteiger partial charge in [0.05, 0.1) is 0 Å². The minimum atomic E-state index is -0.350. The first-order valence-corrected chi connectivity index (χ1v) is 8.05. The van der Waals surface area contributed by atoms with Gasteiger partial charge in [-0.1, -0.05) is 18.2 Å². The summed E-state index contributed by atoms with van der Waals surface area (Å²) in [6, 6.07) is 13.8. The van der Waals surface area contributed by atoms with Crippen LogP contribution in [0.2, 0.25) is 0 Å². The van der Waals surface area contributed by atoms with Gasteiger partial charge in [0.1, 0.15) is 11.9 Å². The van der Waals surface area contributed by atoms with Crippen molar-refractivity contribution in [1.82, 2.24) is 4.90 Å². The molecule has 3 nitrogen and oxygen atoms in total. The zero-order valence-electron chi connectivity index (χ0n) is 12.5. The number of likely N-dealkylation sites (N-methyl/N-ethyl adjacent to an activating group) is 1. The van der Waals surface area contributed by atoms with Crippen LogP contribution < -0.4 is 5.32 Å². The highest BCUT2D eigenvalue weighted by atomic mass is 127. The smallest absolute Gasteiger partial charge is 0.244 e. The molecule has 0 saturated carbocycles. The van der Waals surface area contributed by atoms with Gasteiger partial charge in [-0.25, -0.2) is 4.39 Å². The van der Waals surface area contributed by atoms with E-state index >= 15 is 0 Å². The summed E-state index contributed by atoms with van der Waals surface area (Å²) in [5, 5.41) is 3.19. The van der Waals surface area contributed by atoms with Gasteiger partial charge in [0.15, 0.2) is 0 Å². The number of carbonyl (C=O) groups excluding carboxylic acids is 1. The number of benzene rings is 2. The molecule has 0 aliphatic carbocycles. The predicted molar refractivity (Wildman–Crippen MR) is 95.1 cm³/mol. The molecule has 22 heavy (non-hydrogen) atoms. The van der Waals surface area contributed by atoms with E-state index in [1.54, 1.807) is 18.0 Å². The van der Waals surface area contributed by atoms with Crippen molar-refractivity contribution < 1.29 is 9.18 Å². The third-order valence-electron chi connectivity index (χ3n) is 3.26. The molecule has 0 radical (unpaired) electrons. The number of anilines is 1. The van der Waals surface area contributed by atoms with Crippen molar-refractivity contribution in [3.8, 4) is 0 Å². The van der Waals surface area contributed by atoms with E-state index in [9.17, 15) is 9.18 Å². The molecule has 2 rings (SSSR count). The molecule has 0 aromatic heterocycles. The number of amides is 1. The zero-order chi connectivity index (χ0) is 16.1. The maximum absolute atomic E-state index is 13.2. The summed E-state index contributed by atoms with van der Waals surface area (Å²) >= 11 is 2.23. The lowest BCUT2D eigenvalue weighted by Crippen LogP contribution is -2.38.